The lowest BCUT2D eigenvalue weighted by molar-refractivity contribution is 0.195. The first-order chi connectivity index (χ1) is 33.6. The number of hydrogen-bond donors (Lipinski definition) is 0. The monoisotopic (exact) mass is 927 g/mol. The summed E-state index contributed by atoms with van der Waals surface area (Å²) >= 11 is 1.90. The second-order valence-corrected chi connectivity index (χ2v) is 24.4. The van der Waals surface area contributed by atoms with Crippen molar-refractivity contribution < 1.29 is 0 Å². The minimum atomic E-state index is -0.0613. The molecule has 13 rings (SSSR count). The van der Waals surface area contributed by atoms with Crippen molar-refractivity contribution in [2.24, 2.45) is 0 Å². The summed E-state index contributed by atoms with van der Waals surface area (Å²) in [5.41, 5.74) is 21.9. The fourth-order valence-electron chi connectivity index (χ4n) is 13.3. The number of benzene rings is 8. The molecule has 70 heavy (non-hydrogen) atoms. The lowest BCUT2D eigenvalue weighted by Gasteiger charge is -2.50. The van der Waals surface area contributed by atoms with Gasteiger partial charge in [0.25, 0.3) is 6.71 Å². The van der Waals surface area contributed by atoms with Crippen LogP contribution in [-0.2, 0) is 16.2 Å². The van der Waals surface area contributed by atoms with Crippen molar-refractivity contribution in [3.05, 3.63) is 186 Å². The highest BCUT2D eigenvalue weighted by molar-refractivity contribution is 7.26. The zero-order valence-electron chi connectivity index (χ0n) is 42.2. The summed E-state index contributed by atoms with van der Waals surface area (Å²) in [7, 11) is 0. The molecule has 5 heteroatoms. The minimum absolute atomic E-state index is 0.0000106. The zero-order valence-corrected chi connectivity index (χ0v) is 43.1. The normalized spacial score (nSPS) is 19.3. The molecular weight excluding hydrogens is 866 g/mol. The van der Waals surface area contributed by atoms with Gasteiger partial charge in [-0.15, -0.1) is 11.3 Å². The molecule has 2 unspecified atom stereocenters. The number of nitrogens with zero attached hydrogens (tertiary/aromatic N) is 3. The minimum Gasteiger partial charge on any atom is -0.334 e. The van der Waals surface area contributed by atoms with Gasteiger partial charge in [-0.3, -0.25) is 0 Å². The molecule has 1 aliphatic carbocycles. The van der Waals surface area contributed by atoms with Crippen LogP contribution >= 0.6 is 11.3 Å². The van der Waals surface area contributed by atoms with Crippen LogP contribution in [0, 0.1) is 6.92 Å². The van der Waals surface area contributed by atoms with Gasteiger partial charge < -0.3 is 14.7 Å². The van der Waals surface area contributed by atoms with Gasteiger partial charge in [-0.05, 0) is 148 Å². The number of fused-ring (bicyclic) bond motifs is 10. The van der Waals surface area contributed by atoms with Crippen LogP contribution in [0.5, 0.6) is 0 Å². The molecule has 0 N–H and O–H groups in total. The van der Waals surface area contributed by atoms with E-state index >= 15 is 0 Å². The standard InChI is InChI=1S/C65H62BN3S/c1-41-36-56-61-57(37-41)68(53-25-19-27-59-60(53)46-22-13-16-26-58(46)70-59)55-40-45(69-52-24-15-14-23-48(52)64(8)34-17-18-35-65(64,69)9)30-32-50(55)66(61)49-31-28-44(63(5,6)7)39-54(49)67(56)51-33-29-43(62(2,3)4)38-47(51)42-20-11-10-12-21-42/h10-16,19-33,36-40H,17-18,34-35H2,1-9H3. The van der Waals surface area contributed by atoms with Gasteiger partial charge in [0.05, 0.1) is 16.9 Å². The Morgan fingerprint density at radius 1 is 0.514 bits per heavy atom. The molecule has 346 valence electrons. The SMILES string of the molecule is Cc1cc2c3c(c1)N(c1cccc4sc5ccccc5c14)c1cc(N4c5ccccc5C5(C)CCCCC45C)ccc1B3c1ccc(C(C)(C)C)cc1N2c1ccc(C(C)(C)C)cc1-c1ccccc1. The molecule has 1 fully saturated rings. The Morgan fingerprint density at radius 3 is 1.90 bits per heavy atom. The van der Waals surface area contributed by atoms with Crippen LogP contribution in [0.3, 0.4) is 0 Å². The van der Waals surface area contributed by atoms with Crippen molar-refractivity contribution in [1.82, 2.24) is 0 Å². The van der Waals surface area contributed by atoms with Gasteiger partial charge in [0.2, 0.25) is 0 Å². The van der Waals surface area contributed by atoms with Gasteiger partial charge in [-0.25, -0.2) is 0 Å². The quantitative estimate of drug-likeness (QED) is 0.163. The fourth-order valence-corrected chi connectivity index (χ4v) is 14.5. The second-order valence-electron chi connectivity index (χ2n) is 23.3. The largest absolute Gasteiger partial charge is 0.334 e. The van der Waals surface area contributed by atoms with E-state index in [-0.39, 0.29) is 28.5 Å². The lowest BCUT2D eigenvalue weighted by atomic mass is 9.33. The molecule has 0 spiro atoms. The number of anilines is 8. The Bertz CT molecular complexity index is 3610. The van der Waals surface area contributed by atoms with Gasteiger partial charge >= 0.3 is 0 Å². The summed E-state index contributed by atoms with van der Waals surface area (Å²) < 4.78 is 2.63. The van der Waals surface area contributed by atoms with Crippen molar-refractivity contribution in [3.8, 4) is 11.1 Å². The fraction of sp³-hybridized carbons (Fsp3) is 0.262. The predicted octanol–water partition coefficient (Wildman–Crippen LogP) is 16.4. The van der Waals surface area contributed by atoms with E-state index in [2.05, 4.69) is 241 Å². The topological polar surface area (TPSA) is 9.72 Å². The molecule has 4 heterocycles. The van der Waals surface area contributed by atoms with Crippen molar-refractivity contribution in [1.29, 1.82) is 0 Å². The molecule has 3 nitrogen and oxygen atoms in total. The van der Waals surface area contributed by atoms with E-state index in [1.54, 1.807) is 0 Å². The maximum Gasteiger partial charge on any atom is 0.252 e. The van der Waals surface area contributed by atoms with Crippen LogP contribution in [0.15, 0.2) is 164 Å². The van der Waals surface area contributed by atoms with E-state index in [1.165, 1.54) is 135 Å². The Labute approximate surface area is 419 Å². The summed E-state index contributed by atoms with van der Waals surface area (Å²) in [6.07, 6.45) is 4.88. The molecule has 1 saturated carbocycles. The summed E-state index contributed by atoms with van der Waals surface area (Å²) in [5.74, 6) is 0. The number of aryl methyl sites for hydroxylation is 1. The van der Waals surface area contributed by atoms with Crippen molar-refractivity contribution in [2.75, 3.05) is 14.7 Å². The van der Waals surface area contributed by atoms with Gasteiger partial charge in [0.15, 0.2) is 0 Å². The molecule has 1 aromatic heterocycles. The maximum atomic E-state index is 2.76. The van der Waals surface area contributed by atoms with E-state index in [1.807, 2.05) is 11.3 Å². The third-order valence-electron chi connectivity index (χ3n) is 17.1. The number of rotatable bonds is 4. The molecule has 8 aromatic carbocycles. The van der Waals surface area contributed by atoms with E-state index in [0.717, 1.165) is 6.42 Å². The number of hydrogen-bond acceptors (Lipinski definition) is 4. The van der Waals surface area contributed by atoms with Crippen LogP contribution in [0.4, 0.5) is 45.5 Å². The van der Waals surface area contributed by atoms with Gasteiger partial charge in [-0.1, -0.05) is 158 Å². The zero-order chi connectivity index (χ0) is 48.1. The molecule has 0 bridgehead atoms. The molecule has 0 amide bonds. The molecule has 2 atom stereocenters. The van der Waals surface area contributed by atoms with Gasteiger partial charge in [0, 0.05) is 65.3 Å². The van der Waals surface area contributed by atoms with Crippen LogP contribution in [-0.4, -0.2) is 12.3 Å². The average Bonchev–Trinajstić information content (AvgIpc) is 3.83. The van der Waals surface area contributed by atoms with E-state index in [4.69, 9.17) is 0 Å². The molecular formula is C65H62BN3S. The summed E-state index contributed by atoms with van der Waals surface area (Å²) in [4.78, 5) is 8.09. The van der Waals surface area contributed by atoms with Gasteiger partial charge in [0.1, 0.15) is 0 Å². The van der Waals surface area contributed by atoms with Crippen LogP contribution in [0.1, 0.15) is 103 Å². The van der Waals surface area contributed by atoms with E-state index in [9.17, 15) is 0 Å². The third kappa shape index (κ3) is 6.19. The molecule has 4 aliphatic rings. The maximum absolute atomic E-state index is 2.76. The Kier molecular flexibility index (Phi) is 9.45. The first-order valence-corrected chi connectivity index (χ1v) is 26.5. The Morgan fingerprint density at radius 2 is 1.13 bits per heavy atom. The van der Waals surface area contributed by atoms with Crippen molar-refractivity contribution >= 4 is 100 Å². The predicted molar refractivity (Wildman–Crippen MR) is 304 cm³/mol. The highest BCUT2D eigenvalue weighted by Crippen LogP contribution is 2.61. The first-order valence-electron chi connectivity index (χ1n) is 25.7. The average molecular weight is 928 g/mol. The lowest BCUT2D eigenvalue weighted by Crippen LogP contribution is -2.61. The molecule has 9 aromatic rings. The third-order valence-corrected chi connectivity index (χ3v) is 18.3. The van der Waals surface area contributed by atoms with E-state index < -0.39 is 0 Å². The molecule has 0 saturated heterocycles. The Hall–Kier alpha value is -6.56. The second kappa shape index (κ2) is 15.2. The Balaban J connectivity index is 1.13. The van der Waals surface area contributed by atoms with Gasteiger partial charge in [-0.2, -0.15) is 0 Å². The molecule has 0 radical (unpaired) electrons. The summed E-state index contributed by atoms with van der Waals surface area (Å²) in [6, 6.07) is 63.7. The molecule has 3 aliphatic heterocycles. The van der Waals surface area contributed by atoms with Crippen LogP contribution in [0.25, 0.3) is 31.3 Å². The highest BCUT2D eigenvalue weighted by Gasteiger charge is 2.58. The summed E-state index contributed by atoms with van der Waals surface area (Å²) in [6.45, 7) is 21.5. The smallest absolute Gasteiger partial charge is 0.252 e. The van der Waals surface area contributed by atoms with Crippen LogP contribution in [0.2, 0.25) is 0 Å². The van der Waals surface area contributed by atoms with Crippen LogP contribution < -0.4 is 31.1 Å². The van der Waals surface area contributed by atoms with E-state index in [0.29, 0.717) is 0 Å². The van der Waals surface area contributed by atoms with Crippen molar-refractivity contribution in [2.45, 2.75) is 110 Å². The summed E-state index contributed by atoms with van der Waals surface area (Å²) in [5, 5.41) is 2.63. The first kappa shape index (κ1) is 43.5. The highest BCUT2D eigenvalue weighted by atomic mass is 32.1. The number of thiophene rings is 1. The number of para-hydroxylation sites is 1. The van der Waals surface area contributed by atoms with Crippen molar-refractivity contribution in [3.63, 3.8) is 0 Å².